The molecular weight excluding hydrogens is 330 g/mol. The van der Waals surface area contributed by atoms with Crippen LogP contribution in [0, 0.1) is 0 Å². The van der Waals surface area contributed by atoms with Crippen molar-refractivity contribution >= 4 is 11.6 Å². The number of hydrogen-bond donors (Lipinski definition) is 3. The van der Waals surface area contributed by atoms with Crippen molar-refractivity contribution in [1.82, 2.24) is 15.2 Å². The molecule has 26 heavy (non-hydrogen) atoms. The Bertz CT molecular complexity index is 935. The molecule has 1 amide bonds. The van der Waals surface area contributed by atoms with Crippen LogP contribution >= 0.6 is 0 Å². The summed E-state index contributed by atoms with van der Waals surface area (Å²) in [6, 6.07) is 15.1. The number of ether oxygens (including phenoxy) is 1. The van der Waals surface area contributed by atoms with Crippen molar-refractivity contribution in [2.75, 3.05) is 5.32 Å². The van der Waals surface area contributed by atoms with Crippen molar-refractivity contribution in [3.05, 3.63) is 59.9 Å². The molecular formula is C19H19N5O2. The van der Waals surface area contributed by atoms with Gasteiger partial charge in [-0.15, -0.1) is 0 Å². The van der Waals surface area contributed by atoms with Crippen LogP contribution in [0.3, 0.4) is 0 Å². The average Bonchev–Trinajstić information content (AvgIpc) is 3.28. The second-order valence-corrected chi connectivity index (χ2v) is 6.24. The van der Waals surface area contributed by atoms with E-state index in [1.807, 2.05) is 55.5 Å². The number of aromatic nitrogens is 3. The van der Waals surface area contributed by atoms with Crippen molar-refractivity contribution < 1.29 is 9.53 Å². The molecule has 1 aliphatic rings. The molecule has 4 rings (SSSR count). The largest absolute Gasteiger partial charge is 0.480 e. The first-order valence-corrected chi connectivity index (χ1v) is 8.44. The van der Waals surface area contributed by atoms with Gasteiger partial charge in [0.25, 0.3) is 5.91 Å². The van der Waals surface area contributed by atoms with Crippen LogP contribution in [0.2, 0.25) is 0 Å². The van der Waals surface area contributed by atoms with Gasteiger partial charge in [0, 0.05) is 22.7 Å². The summed E-state index contributed by atoms with van der Waals surface area (Å²) in [6.45, 7) is 2.31. The van der Waals surface area contributed by atoms with E-state index in [-0.39, 0.29) is 11.8 Å². The van der Waals surface area contributed by atoms with E-state index in [2.05, 4.69) is 20.5 Å². The van der Waals surface area contributed by atoms with E-state index >= 15 is 0 Å². The fourth-order valence-corrected chi connectivity index (χ4v) is 3.08. The minimum atomic E-state index is -0.535. The Morgan fingerprint density at radius 1 is 1.23 bits per heavy atom. The van der Waals surface area contributed by atoms with E-state index in [9.17, 15) is 4.79 Å². The molecule has 2 atom stereocenters. The zero-order valence-electron chi connectivity index (χ0n) is 14.3. The third kappa shape index (κ3) is 2.93. The maximum absolute atomic E-state index is 12.6. The topological polar surface area (TPSA) is 106 Å². The fourth-order valence-electron chi connectivity index (χ4n) is 3.08. The van der Waals surface area contributed by atoms with Crippen molar-refractivity contribution in [2.24, 2.45) is 5.73 Å². The van der Waals surface area contributed by atoms with E-state index < -0.39 is 6.10 Å². The van der Waals surface area contributed by atoms with Crippen LogP contribution in [0.4, 0.5) is 5.69 Å². The summed E-state index contributed by atoms with van der Waals surface area (Å²) in [5.41, 5.74) is 8.13. The molecule has 0 aliphatic carbocycles. The normalized spacial score (nSPS) is 18.2. The number of nitrogens with two attached hydrogens (primary N) is 1. The second kappa shape index (κ2) is 6.61. The van der Waals surface area contributed by atoms with Crippen LogP contribution in [0.15, 0.2) is 48.5 Å². The van der Waals surface area contributed by atoms with Gasteiger partial charge >= 0.3 is 0 Å². The molecule has 2 unspecified atom stereocenters. The van der Waals surface area contributed by atoms with Crippen LogP contribution in [-0.2, 0) is 11.3 Å². The van der Waals surface area contributed by atoms with Gasteiger partial charge in [0.1, 0.15) is 11.6 Å². The van der Waals surface area contributed by atoms with Crippen LogP contribution < -0.4 is 15.8 Å². The quantitative estimate of drug-likeness (QED) is 0.671. The van der Waals surface area contributed by atoms with Gasteiger partial charge in [-0.1, -0.05) is 25.1 Å². The Labute approximate surface area is 150 Å². The summed E-state index contributed by atoms with van der Waals surface area (Å²) in [5.74, 6) is 1.82. The van der Waals surface area contributed by atoms with Crippen LogP contribution in [0.1, 0.15) is 24.2 Å². The fraction of sp³-hybridized carbons (Fsp3) is 0.211. The van der Waals surface area contributed by atoms with E-state index in [0.29, 0.717) is 23.9 Å². The SMILES string of the molecule is CC1c2ccccc2OC1C(=O)Nc1ccc(-c2n[nH]c(CN)n2)cc1. The predicted molar refractivity (Wildman–Crippen MR) is 97.6 cm³/mol. The number of benzene rings is 2. The predicted octanol–water partition coefficient (Wildman–Crippen LogP) is 2.43. The lowest BCUT2D eigenvalue weighted by Crippen LogP contribution is -2.33. The molecule has 3 aromatic rings. The molecule has 0 spiro atoms. The molecule has 1 aliphatic heterocycles. The lowest BCUT2D eigenvalue weighted by Gasteiger charge is -2.15. The van der Waals surface area contributed by atoms with Gasteiger partial charge in [-0.25, -0.2) is 4.98 Å². The van der Waals surface area contributed by atoms with Crippen molar-refractivity contribution in [3.63, 3.8) is 0 Å². The van der Waals surface area contributed by atoms with Gasteiger partial charge < -0.3 is 15.8 Å². The smallest absolute Gasteiger partial charge is 0.266 e. The number of carbonyl (C=O) groups excluding carboxylic acids is 1. The first-order chi connectivity index (χ1) is 12.7. The number of nitrogens with one attached hydrogen (secondary N) is 2. The Morgan fingerprint density at radius 2 is 2.00 bits per heavy atom. The lowest BCUT2D eigenvalue weighted by molar-refractivity contribution is -0.122. The first kappa shape index (κ1) is 16.3. The molecule has 7 heteroatoms. The zero-order chi connectivity index (χ0) is 18.1. The van der Waals surface area contributed by atoms with E-state index in [1.165, 1.54) is 0 Å². The molecule has 0 saturated carbocycles. The number of hydrogen-bond acceptors (Lipinski definition) is 5. The number of aromatic amines is 1. The lowest BCUT2D eigenvalue weighted by atomic mass is 9.97. The summed E-state index contributed by atoms with van der Waals surface area (Å²) in [4.78, 5) is 16.9. The number of amides is 1. The summed E-state index contributed by atoms with van der Waals surface area (Å²) in [7, 11) is 0. The van der Waals surface area contributed by atoms with Crippen molar-refractivity contribution in [2.45, 2.75) is 25.5 Å². The molecule has 132 valence electrons. The maximum atomic E-state index is 12.6. The maximum Gasteiger partial charge on any atom is 0.266 e. The molecule has 2 aromatic carbocycles. The summed E-state index contributed by atoms with van der Waals surface area (Å²) in [5, 5.41) is 9.81. The monoisotopic (exact) mass is 349 g/mol. The van der Waals surface area contributed by atoms with E-state index in [0.717, 1.165) is 16.9 Å². The Morgan fingerprint density at radius 3 is 2.69 bits per heavy atom. The Kier molecular flexibility index (Phi) is 4.14. The highest BCUT2D eigenvalue weighted by Gasteiger charge is 2.36. The first-order valence-electron chi connectivity index (χ1n) is 8.44. The average molecular weight is 349 g/mol. The number of para-hydroxylation sites is 1. The van der Waals surface area contributed by atoms with Gasteiger partial charge in [0.2, 0.25) is 0 Å². The number of H-pyrrole nitrogens is 1. The third-order valence-corrected chi connectivity index (χ3v) is 4.51. The van der Waals surface area contributed by atoms with Crippen LogP contribution in [0.5, 0.6) is 5.75 Å². The third-order valence-electron chi connectivity index (χ3n) is 4.51. The van der Waals surface area contributed by atoms with Gasteiger partial charge in [-0.2, -0.15) is 5.10 Å². The van der Waals surface area contributed by atoms with Crippen LogP contribution in [0.25, 0.3) is 11.4 Å². The summed E-state index contributed by atoms with van der Waals surface area (Å²) < 4.78 is 5.81. The molecule has 1 aromatic heterocycles. The van der Waals surface area contributed by atoms with Crippen molar-refractivity contribution in [1.29, 1.82) is 0 Å². The highest BCUT2D eigenvalue weighted by molar-refractivity contribution is 5.95. The number of fused-ring (bicyclic) bond motifs is 1. The van der Waals surface area contributed by atoms with Gasteiger partial charge in [-0.3, -0.25) is 9.89 Å². The molecule has 2 heterocycles. The summed E-state index contributed by atoms with van der Waals surface area (Å²) in [6.07, 6.45) is -0.535. The number of anilines is 1. The van der Waals surface area contributed by atoms with Crippen molar-refractivity contribution in [3.8, 4) is 17.1 Å². The van der Waals surface area contributed by atoms with Gasteiger partial charge in [0.05, 0.1) is 6.54 Å². The highest BCUT2D eigenvalue weighted by atomic mass is 16.5. The molecule has 0 saturated heterocycles. The number of rotatable bonds is 4. The molecule has 0 radical (unpaired) electrons. The van der Waals surface area contributed by atoms with E-state index in [1.54, 1.807) is 0 Å². The molecule has 4 N–H and O–H groups in total. The number of carbonyl (C=O) groups is 1. The van der Waals surface area contributed by atoms with Gasteiger partial charge in [-0.05, 0) is 30.3 Å². The Hall–Kier alpha value is -3.19. The molecule has 0 fully saturated rings. The minimum Gasteiger partial charge on any atom is -0.480 e. The van der Waals surface area contributed by atoms with E-state index in [4.69, 9.17) is 10.5 Å². The second-order valence-electron chi connectivity index (χ2n) is 6.24. The van der Waals surface area contributed by atoms with Gasteiger partial charge in [0.15, 0.2) is 11.9 Å². The van der Waals surface area contributed by atoms with Crippen LogP contribution in [-0.4, -0.2) is 27.2 Å². The molecule has 7 nitrogen and oxygen atoms in total. The number of nitrogens with zero attached hydrogens (tertiary/aromatic N) is 2. The Balaban J connectivity index is 1.45. The zero-order valence-corrected chi connectivity index (χ0v) is 14.3. The highest BCUT2D eigenvalue weighted by Crippen LogP contribution is 2.38. The standard InChI is InChI=1S/C19H19N5O2/c1-11-14-4-2-3-5-15(14)26-17(11)19(25)21-13-8-6-12(7-9-13)18-22-16(10-20)23-24-18/h2-9,11,17H,10,20H2,1H3,(H,21,25)(H,22,23,24). The molecule has 0 bridgehead atoms. The minimum absolute atomic E-state index is 0.00779. The summed E-state index contributed by atoms with van der Waals surface area (Å²) >= 11 is 0.